The number of alkyl halides is 1. The minimum atomic E-state index is -1.22. The number of hydrogen-bond acceptors (Lipinski definition) is 8. The van der Waals surface area contributed by atoms with E-state index in [0.29, 0.717) is 17.4 Å². The van der Waals surface area contributed by atoms with Crippen LogP contribution in [0.25, 0.3) is 0 Å². The Morgan fingerprint density at radius 3 is 1.65 bits per heavy atom. The first kappa shape index (κ1) is 24.0. The molecule has 0 saturated heterocycles. The van der Waals surface area contributed by atoms with Gasteiger partial charge in [0, 0.05) is 0 Å². The van der Waals surface area contributed by atoms with Crippen LogP contribution in [0, 0.1) is 0 Å². The molecule has 0 saturated carbocycles. The Bertz CT molecular complexity index is 393. The summed E-state index contributed by atoms with van der Waals surface area (Å²) in [6.45, 7) is 7.11. The van der Waals surface area contributed by atoms with E-state index in [0.717, 1.165) is 0 Å². The molecule has 0 rings (SSSR count). The first-order chi connectivity index (χ1) is 10.1. The topological polar surface area (TPSA) is 175 Å². The van der Waals surface area contributed by atoms with Crippen molar-refractivity contribution < 1.29 is 41.3 Å². The quantitative estimate of drug-likeness (QED) is 0.0294. The average molecular weight is 565 g/mol. The summed E-state index contributed by atoms with van der Waals surface area (Å²) < 4.78 is 0.00377. The van der Waals surface area contributed by atoms with Gasteiger partial charge in [-0.3, -0.25) is 0 Å². The molecule has 0 heterocycles. The number of halogens is 2. The number of quaternary nitrogens is 3. The number of rotatable bonds is 10. The van der Waals surface area contributed by atoms with E-state index in [2.05, 4.69) is 18.6 Å². The van der Waals surface area contributed by atoms with Crippen molar-refractivity contribution in [1.29, 1.82) is 0 Å². The zero-order valence-electron chi connectivity index (χ0n) is 14.5. The molecule has 0 aliphatic heterocycles. The van der Waals surface area contributed by atoms with E-state index in [-0.39, 0.29) is 17.2 Å². The Hall–Kier alpha value is 1.02. The van der Waals surface area contributed by atoms with Crippen LogP contribution in [0.15, 0.2) is 0 Å². The van der Waals surface area contributed by atoms with Crippen LogP contribution in [-0.4, -0.2) is 37.5 Å². The molecule has 0 radical (unpaired) electrons. The van der Waals surface area contributed by atoms with E-state index >= 15 is 0 Å². The fraction of sp³-hybridized carbons (Fsp3) is 1.00. The second-order valence-corrected chi connectivity index (χ2v) is 11.3. The number of nitrogens with zero attached hydrogens (tertiary/aromatic N) is 3. The van der Waals surface area contributed by atoms with Crippen LogP contribution in [-0.2, 0) is 9.68 Å². The molecule has 0 aliphatic carbocycles. The second-order valence-electron chi connectivity index (χ2n) is 6.17. The maximum atomic E-state index is 6.20. The van der Waals surface area contributed by atoms with Crippen molar-refractivity contribution in [2.24, 2.45) is 35.1 Å². The minimum absolute atomic E-state index is 0.234. The molecule has 0 aliphatic rings. The van der Waals surface area contributed by atoms with Crippen LogP contribution in [0.2, 0.25) is 0 Å². The normalized spacial score (nSPS) is 19.5. The molecule has 2 unspecified atom stereocenters. The molecular weight excluding hydrogens is 532 g/mol. The number of hydrogen-bond donors (Lipinski definition) is 6. The summed E-state index contributed by atoms with van der Waals surface area (Å²) in [6, 6.07) is 0. The molecule has 0 fully saturated rings. The third-order valence-electron chi connectivity index (χ3n) is 4.02. The predicted octanol–water partition coefficient (Wildman–Crippen LogP) is -4.18. The van der Waals surface area contributed by atoms with Gasteiger partial charge in [-0.1, -0.05) is 0 Å². The van der Waals surface area contributed by atoms with Gasteiger partial charge in [-0.2, -0.15) is 0 Å². The first-order valence-corrected chi connectivity index (χ1v) is 14.9. The van der Waals surface area contributed by atoms with Crippen molar-refractivity contribution in [3.05, 3.63) is 0 Å². The summed E-state index contributed by atoms with van der Waals surface area (Å²) in [4.78, 5) is 10.1. The molecule has 0 amide bonds. The van der Waals surface area contributed by atoms with Crippen LogP contribution in [0.4, 0.5) is 0 Å². The van der Waals surface area contributed by atoms with Gasteiger partial charge in [0.05, 0.1) is 0 Å². The molecule has 2 atom stereocenters. The number of hydroxylamine groups is 2. The van der Waals surface area contributed by atoms with Crippen LogP contribution in [0.3, 0.4) is 0 Å². The van der Waals surface area contributed by atoms with Gasteiger partial charge in [0.2, 0.25) is 0 Å². The van der Waals surface area contributed by atoms with E-state index in [1.807, 2.05) is 13.8 Å². The van der Waals surface area contributed by atoms with Crippen molar-refractivity contribution in [3.8, 4) is 0 Å². The molecule has 13 heteroatoms. The Morgan fingerprint density at radius 2 is 1.35 bits per heavy atom. The number of nitrogens with two attached hydrogens (primary N) is 6. The fourth-order valence-corrected chi connectivity index (χ4v) is 5.00. The van der Waals surface area contributed by atoms with Gasteiger partial charge in [-0.15, -0.1) is 0 Å². The predicted molar refractivity (Wildman–Crippen MR) is 90.3 cm³/mol. The molecular formula is C10H33I2N9O2+2. The molecule has 11 nitrogen and oxygen atoms in total. The molecule has 142 valence electrons. The van der Waals surface area contributed by atoms with Crippen LogP contribution < -0.4 is 52.3 Å². The fourth-order valence-electron chi connectivity index (χ4n) is 1.75. The summed E-state index contributed by atoms with van der Waals surface area (Å²) in [6.07, 6.45) is 0.863. The van der Waals surface area contributed by atoms with E-state index in [1.165, 1.54) is 0 Å². The van der Waals surface area contributed by atoms with Crippen molar-refractivity contribution in [2.45, 2.75) is 52.0 Å². The molecule has 0 aromatic heterocycles. The van der Waals surface area contributed by atoms with Crippen molar-refractivity contribution in [2.75, 3.05) is 11.6 Å². The standard InChI is InChI=1S/C10H33I2N9O2/c1-6-9(3,19(5,13)14)23-21(17,18)10(4,7-2)22-20(15,16)8-12-11/h6-8,13-18H2,1-5H3/q+2. The first-order valence-electron chi connectivity index (χ1n) is 7.06. The molecule has 23 heavy (non-hydrogen) atoms. The Balaban J connectivity index is 5.57. The Morgan fingerprint density at radius 1 is 0.913 bits per heavy atom. The van der Waals surface area contributed by atoms with Gasteiger partial charge >= 0.3 is 159 Å². The Kier molecular flexibility index (Phi) is 8.51. The van der Waals surface area contributed by atoms with Crippen molar-refractivity contribution in [3.63, 3.8) is 0 Å². The Labute approximate surface area is 158 Å². The van der Waals surface area contributed by atoms with Gasteiger partial charge in [-0.05, 0) is 0 Å². The molecule has 0 bridgehead atoms. The van der Waals surface area contributed by atoms with Crippen LogP contribution >= 0.6 is 18.6 Å². The van der Waals surface area contributed by atoms with Gasteiger partial charge in [0.15, 0.2) is 0 Å². The van der Waals surface area contributed by atoms with Crippen molar-refractivity contribution in [1.82, 2.24) is 0 Å². The molecule has 0 aromatic carbocycles. The van der Waals surface area contributed by atoms with Gasteiger partial charge in [-0.25, -0.2) is 0 Å². The summed E-state index contributed by atoms with van der Waals surface area (Å²) >= 11 is 2.02. The van der Waals surface area contributed by atoms with Crippen LogP contribution in [0.1, 0.15) is 40.5 Å². The van der Waals surface area contributed by atoms with Crippen molar-refractivity contribution >= 4 is 18.6 Å². The zero-order chi connectivity index (χ0) is 18.7. The van der Waals surface area contributed by atoms with Gasteiger partial charge in [0.25, 0.3) is 0 Å². The summed E-state index contributed by atoms with van der Waals surface area (Å²) in [5, 5.41) is 0. The third kappa shape index (κ3) is 6.04. The maximum absolute atomic E-state index is 6.20. The van der Waals surface area contributed by atoms with E-state index < -0.39 is 25.9 Å². The van der Waals surface area contributed by atoms with Gasteiger partial charge in [0.1, 0.15) is 0 Å². The van der Waals surface area contributed by atoms with Crippen LogP contribution in [0.5, 0.6) is 0 Å². The summed E-state index contributed by atoms with van der Waals surface area (Å²) in [7, 11) is 1.58. The SMILES string of the molecule is CCC(C)(O[N+](N)(N)C(C)(CC)O[N+](N)(N)C[I-]I)[N+](C)(N)N. The molecule has 12 N–H and O–H groups in total. The summed E-state index contributed by atoms with van der Waals surface area (Å²) in [5.74, 6) is 36.2. The van der Waals surface area contributed by atoms with E-state index in [1.54, 1.807) is 20.9 Å². The van der Waals surface area contributed by atoms with Gasteiger partial charge < -0.3 is 0 Å². The second kappa shape index (κ2) is 8.14. The van der Waals surface area contributed by atoms with E-state index in [9.17, 15) is 0 Å². The zero-order valence-corrected chi connectivity index (χ0v) is 18.8. The average Bonchev–Trinajstić information content (AvgIpc) is 2.35. The molecule has 0 aromatic rings. The summed E-state index contributed by atoms with van der Waals surface area (Å²) in [5.41, 5.74) is -2.27. The third-order valence-corrected chi connectivity index (χ3v) is 7.07. The molecule has 0 spiro atoms. The van der Waals surface area contributed by atoms with E-state index in [4.69, 9.17) is 44.7 Å². The monoisotopic (exact) mass is 565 g/mol.